The van der Waals surface area contributed by atoms with Crippen molar-refractivity contribution in [3.63, 3.8) is 0 Å². The second kappa shape index (κ2) is 4.14. The molecule has 4 nitrogen and oxygen atoms in total. The van der Waals surface area contributed by atoms with E-state index in [0.29, 0.717) is 5.52 Å². The molecule has 0 bridgehead atoms. The van der Waals surface area contributed by atoms with E-state index < -0.39 is 0 Å². The van der Waals surface area contributed by atoms with Gasteiger partial charge < -0.3 is 0 Å². The molecule has 0 saturated heterocycles. The molecule has 1 unspecified atom stereocenters. The highest BCUT2D eigenvalue weighted by atomic mass is 16.1. The lowest BCUT2D eigenvalue weighted by molar-refractivity contribution is 0.590. The molecule has 0 aliphatic carbocycles. The van der Waals surface area contributed by atoms with Crippen molar-refractivity contribution in [2.75, 3.05) is 0 Å². The molecule has 0 amide bonds. The predicted octanol–water partition coefficient (Wildman–Crippen LogP) is 2.11. The Kier molecular flexibility index (Phi) is 2.48. The largest absolute Gasteiger partial charge is 0.289 e. The van der Waals surface area contributed by atoms with Crippen molar-refractivity contribution in [3.05, 3.63) is 70.9 Å². The summed E-state index contributed by atoms with van der Waals surface area (Å²) in [6.07, 6.45) is 3.36. The Hall–Kier alpha value is -2.36. The van der Waals surface area contributed by atoms with Crippen LogP contribution in [0.2, 0.25) is 0 Å². The Morgan fingerprint density at radius 3 is 2.67 bits per heavy atom. The Balaban J connectivity index is 2.15. The SMILES string of the molecule is CC(c1ccccc1)n1cnn2cccc2c1=O. The summed E-state index contributed by atoms with van der Waals surface area (Å²) >= 11 is 0. The normalized spacial score (nSPS) is 12.7. The van der Waals surface area contributed by atoms with Crippen molar-refractivity contribution in [2.24, 2.45) is 0 Å². The molecular weight excluding hydrogens is 226 g/mol. The highest BCUT2D eigenvalue weighted by molar-refractivity contribution is 5.43. The number of hydrogen-bond acceptors (Lipinski definition) is 2. The molecule has 0 fully saturated rings. The fraction of sp³-hybridized carbons (Fsp3) is 0.143. The van der Waals surface area contributed by atoms with E-state index in [1.165, 1.54) is 0 Å². The van der Waals surface area contributed by atoms with Crippen LogP contribution in [0, 0.1) is 0 Å². The monoisotopic (exact) mass is 239 g/mol. The molecule has 1 atom stereocenters. The standard InChI is InChI=1S/C14H13N3O/c1-11(12-6-3-2-4-7-12)16-10-15-17-9-5-8-13(17)14(16)18/h2-11H,1H3. The molecule has 0 radical (unpaired) electrons. The second-order valence-corrected chi connectivity index (χ2v) is 4.27. The average Bonchev–Trinajstić information content (AvgIpc) is 2.89. The van der Waals surface area contributed by atoms with Gasteiger partial charge in [0.25, 0.3) is 5.56 Å². The van der Waals surface area contributed by atoms with Crippen LogP contribution in [-0.4, -0.2) is 14.2 Å². The van der Waals surface area contributed by atoms with E-state index in [1.54, 1.807) is 27.7 Å². The molecule has 2 heterocycles. The maximum absolute atomic E-state index is 12.3. The van der Waals surface area contributed by atoms with Crippen molar-refractivity contribution in [3.8, 4) is 0 Å². The summed E-state index contributed by atoms with van der Waals surface area (Å²) in [5, 5.41) is 4.23. The van der Waals surface area contributed by atoms with Gasteiger partial charge in [-0.05, 0) is 24.6 Å². The highest BCUT2D eigenvalue weighted by Crippen LogP contribution is 2.15. The van der Waals surface area contributed by atoms with Crippen LogP contribution < -0.4 is 5.56 Å². The first kappa shape index (κ1) is 10.8. The minimum absolute atomic E-state index is 0.0219. The zero-order chi connectivity index (χ0) is 12.5. The number of fused-ring (bicyclic) bond motifs is 1. The molecule has 90 valence electrons. The van der Waals surface area contributed by atoms with Crippen LogP contribution in [0.3, 0.4) is 0 Å². The van der Waals surface area contributed by atoms with Gasteiger partial charge >= 0.3 is 0 Å². The van der Waals surface area contributed by atoms with Crippen LogP contribution in [0.5, 0.6) is 0 Å². The van der Waals surface area contributed by atoms with Crippen molar-refractivity contribution in [2.45, 2.75) is 13.0 Å². The third-order valence-electron chi connectivity index (χ3n) is 3.18. The van der Waals surface area contributed by atoms with Gasteiger partial charge in [0.15, 0.2) is 0 Å². The van der Waals surface area contributed by atoms with Crippen molar-refractivity contribution in [1.29, 1.82) is 0 Å². The van der Waals surface area contributed by atoms with E-state index in [4.69, 9.17) is 0 Å². The van der Waals surface area contributed by atoms with Gasteiger partial charge in [-0.15, -0.1) is 0 Å². The van der Waals surface area contributed by atoms with Crippen LogP contribution in [0.15, 0.2) is 59.8 Å². The Labute approximate surface area is 104 Å². The van der Waals surface area contributed by atoms with E-state index in [0.717, 1.165) is 5.56 Å². The lowest BCUT2D eigenvalue weighted by Gasteiger charge is -2.14. The predicted molar refractivity (Wildman–Crippen MR) is 69.7 cm³/mol. The topological polar surface area (TPSA) is 39.3 Å². The van der Waals surface area contributed by atoms with Gasteiger partial charge in [0.1, 0.15) is 11.8 Å². The molecule has 0 N–H and O–H groups in total. The van der Waals surface area contributed by atoms with Crippen molar-refractivity contribution >= 4 is 5.52 Å². The second-order valence-electron chi connectivity index (χ2n) is 4.27. The van der Waals surface area contributed by atoms with Crippen molar-refractivity contribution < 1.29 is 0 Å². The fourth-order valence-electron chi connectivity index (χ4n) is 2.11. The lowest BCUT2D eigenvalue weighted by Crippen LogP contribution is -2.25. The molecule has 1 aromatic carbocycles. The number of rotatable bonds is 2. The van der Waals surface area contributed by atoms with Crippen LogP contribution >= 0.6 is 0 Å². The number of hydrogen-bond donors (Lipinski definition) is 0. The number of benzene rings is 1. The van der Waals surface area contributed by atoms with Gasteiger partial charge in [-0.2, -0.15) is 5.10 Å². The maximum atomic E-state index is 12.3. The van der Waals surface area contributed by atoms with Gasteiger partial charge in [-0.25, -0.2) is 4.52 Å². The van der Waals surface area contributed by atoms with E-state index in [2.05, 4.69) is 5.10 Å². The summed E-state index contributed by atoms with van der Waals surface area (Å²) in [6.45, 7) is 2.00. The summed E-state index contributed by atoms with van der Waals surface area (Å²) in [6, 6.07) is 13.5. The van der Waals surface area contributed by atoms with Crippen LogP contribution in [0.25, 0.3) is 5.52 Å². The summed E-state index contributed by atoms with van der Waals surface area (Å²) in [4.78, 5) is 12.3. The van der Waals surface area contributed by atoms with Crippen LogP contribution in [-0.2, 0) is 0 Å². The van der Waals surface area contributed by atoms with Gasteiger partial charge in [-0.1, -0.05) is 30.3 Å². The first-order valence-corrected chi connectivity index (χ1v) is 5.87. The van der Waals surface area contributed by atoms with Crippen molar-refractivity contribution in [1.82, 2.24) is 14.2 Å². The Morgan fingerprint density at radius 2 is 1.89 bits per heavy atom. The van der Waals surface area contributed by atoms with Gasteiger partial charge in [0.05, 0.1) is 6.04 Å². The lowest BCUT2D eigenvalue weighted by atomic mass is 10.1. The molecule has 3 rings (SSSR count). The molecule has 0 aliphatic heterocycles. The Bertz CT molecular complexity index is 727. The summed E-state index contributed by atoms with van der Waals surface area (Å²) in [5.74, 6) is 0. The summed E-state index contributed by atoms with van der Waals surface area (Å²) in [5.41, 5.74) is 1.67. The third-order valence-corrected chi connectivity index (χ3v) is 3.18. The van der Waals surface area contributed by atoms with Gasteiger partial charge in [0, 0.05) is 6.20 Å². The Morgan fingerprint density at radius 1 is 1.11 bits per heavy atom. The molecular formula is C14H13N3O. The number of nitrogens with zero attached hydrogens (tertiary/aromatic N) is 3. The highest BCUT2D eigenvalue weighted by Gasteiger charge is 2.11. The molecule has 3 aromatic rings. The molecule has 0 saturated carbocycles. The van der Waals surface area contributed by atoms with E-state index in [1.807, 2.05) is 43.3 Å². The molecule has 0 spiro atoms. The average molecular weight is 239 g/mol. The van der Waals surface area contributed by atoms with Crippen LogP contribution in [0.4, 0.5) is 0 Å². The molecule has 2 aromatic heterocycles. The summed E-state index contributed by atoms with van der Waals surface area (Å²) < 4.78 is 3.25. The fourth-order valence-corrected chi connectivity index (χ4v) is 2.11. The minimum atomic E-state index is -0.0221. The zero-order valence-electron chi connectivity index (χ0n) is 10.0. The number of aromatic nitrogens is 3. The van der Waals surface area contributed by atoms with E-state index in [9.17, 15) is 4.79 Å². The van der Waals surface area contributed by atoms with Gasteiger partial charge in [-0.3, -0.25) is 9.36 Å². The molecule has 18 heavy (non-hydrogen) atoms. The minimum Gasteiger partial charge on any atom is -0.289 e. The molecule has 4 heteroatoms. The first-order chi connectivity index (χ1) is 8.77. The summed E-state index contributed by atoms with van der Waals surface area (Å²) in [7, 11) is 0. The van der Waals surface area contributed by atoms with Gasteiger partial charge in [0.2, 0.25) is 0 Å². The first-order valence-electron chi connectivity index (χ1n) is 5.87. The smallest absolute Gasteiger partial charge is 0.278 e. The molecule has 0 aliphatic rings. The van der Waals surface area contributed by atoms with Crippen LogP contribution in [0.1, 0.15) is 18.5 Å². The quantitative estimate of drug-likeness (QED) is 0.687. The third kappa shape index (κ3) is 1.62. The maximum Gasteiger partial charge on any atom is 0.278 e. The zero-order valence-corrected chi connectivity index (χ0v) is 10.0. The van der Waals surface area contributed by atoms with E-state index >= 15 is 0 Å². The van der Waals surface area contributed by atoms with E-state index in [-0.39, 0.29) is 11.6 Å².